The highest BCUT2D eigenvalue weighted by Crippen LogP contribution is 2.25. The SMILES string of the molecule is CN(Cc1cc2ccccc2nc1N)C1CCCCC1O. The van der Waals surface area contributed by atoms with Gasteiger partial charge in [0.15, 0.2) is 0 Å². The molecule has 1 aromatic heterocycles. The lowest BCUT2D eigenvalue weighted by Crippen LogP contribution is -2.43. The number of hydrogen-bond donors (Lipinski definition) is 2. The summed E-state index contributed by atoms with van der Waals surface area (Å²) in [6, 6.07) is 10.4. The molecule has 2 atom stereocenters. The summed E-state index contributed by atoms with van der Waals surface area (Å²) >= 11 is 0. The number of likely N-dealkylation sites (N-methyl/N-ethyl adjacent to an activating group) is 1. The molecule has 1 aliphatic carbocycles. The average molecular weight is 285 g/mol. The Morgan fingerprint density at radius 2 is 2.05 bits per heavy atom. The van der Waals surface area contributed by atoms with Gasteiger partial charge in [0.05, 0.1) is 11.6 Å². The van der Waals surface area contributed by atoms with Crippen molar-refractivity contribution in [1.82, 2.24) is 9.88 Å². The van der Waals surface area contributed by atoms with Crippen molar-refractivity contribution in [2.75, 3.05) is 12.8 Å². The van der Waals surface area contributed by atoms with Crippen LogP contribution in [-0.4, -0.2) is 34.2 Å². The first-order chi connectivity index (χ1) is 10.1. The summed E-state index contributed by atoms with van der Waals surface area (Å²) in [5.74, 6) is 0.589. The van der Waals surface area contributed by atoms with Crippen LogP contribution in [0.2, 0.25) is 0 Å². The van der Waals surface area contributed by atoms with E-state index in [0.717, 1.165) is 42.3 Å². The number of anilines is 1. The van der Waals surface area contributed by atoms with Crippen LogP contribution in [0.3, 0.4) is 0 Å². The smallest absolute Gasteiger partial charge is 0.128 e. The van der Waals surface area contributed by atoms with Crippen molar-refractivity contribution in [2.24, 2.45) is 0 Å². The molecule has 0 bridgehead atoms. The van der Waals surface area contributed by atoms with Gasteiger partial charge in [-0.05, 0) is 32.0 Å². The van der Waals surface area contributed by atoms with E-state index in [-0.39, 0.29) is 12.1 Å². The maximum Gasteiger partial charge on any atom is 0.128 e. The number of pyridine rings is 1. The maximum atomic E-state index is 10.2. The largest absolute Gasteiger partial charge is 0.391 e. The normalized spacial score (nSPS) is 22.8. The van der Waals surface area contributed by atoms with E-state index in [1.165, 1.54) is 6.42 Å². The molecular weight excluding hydrogens is 262 g/mol. The summed E-state index contributed by atoms with van der Waals surface area (Å²) in [5, 5.41) is 11.3. The zero-order valence-electron chi connectivity index (χ0n) is 12.5. The number of para-hydroxylation sites is 1. The Morgan fingerprint density at radius 1 is 1.29 bits per heavy atom. The zero-order chi connectivity index (χ0) is 14.8. The number of nitrogens with zero attached hydrogens (tertiary/aromatic N) is 2. The molecule has 1 aromatic carbocycles. The van der Waals surface area contributed by atoms with Gasteiger partial charge in [-0.15, -0.1) is 0 Å². The summed E-state index contributed by atoms with van der Waals surface area (Å²) < 4.78 is 0. The van der Waals surface area contributed by atoms with E-state index < -0.39 is 0 Å². The van der Waals surface area contributed by atoms with Crippen molar-refractivity contribution >= 4 is 16.7 Å². The third-order valence-corrected chi connectivity index (χ3v) is 4.52. The number of benzene rings is 1. The molecule has 4 nitrogen and oxygen atoms in total. The van der Waals surface area contributed by atoms with E-state index in [9.17, 15) is 5.11 Å². The Balaban J connectivity index is 1.82. The lowest BCUT2D eigenvalue weighted by Gasteiger charge is -2.35. The molecule has 112 valence electrons. The van der Waals surface area contributed by atoms with Gasteiger partial charge < -0.3 is 10.8 Å². The van der Waals surface area contributed by atoms with Crippen molar-refractivity contribution in [2.45, 2.75) is 44.4 Å². The van der Waals surface area contributed by atoms with Crippen LogP contribution in [0.4, 0.5) is 5.82 Å². The molecule has 1 aliphatic rings. The van der Waals surface area contributed by atoms with Crippen LogP contribution in [0.15, 0.2) is 30.3 Å². The van der Waals surface area contributed by atoms with E-state index in [4.69, 9.17) is 5.73 Å². The van der Waals surface area contributed by atoms with Gasteiger partial charge in [0.25, 0.3) is 0 Å². The number of aliphatic hydroxyl groups excluding tert-OH is 1. The number of nitrogens with two attached hydrogens (primary N) is 1. The van der Waals surface area contributed by atoms with E-state index >= 15 is 0 Å². The third kappa shape index (κ3) is 3.01. The van der Waals surface area contributed by atoms with Crippen LogP contribution in [-0.2, 0) is 6.54 Å². The molecule has 1 fully saturated rings. The Morgan fingerprint density at radius 3 is 2.86 bits per heavy atom. The van der Waals surface area contributed by atoms with Crippen LogP contribution in [0, 0.1) is 0 Å². The minimum Gasteiger partial charge on any atom is -0.391 e. The highest BCUT2D eigenvalue weighted by Gasteiger charge is 2.26. The highest BCUT2D eigenvalue weighted by atomic mass is 16.3. The second-order valence-electron chi connectivity index (χ2n) is 6.06. The minimum absolute atomic E-state index is 0.224. The molecular formula is C17H23N3O. The number of fused-ring (bicyclic) bond motifs is 1. The van der Waals surface area contributed by atoms with Gasteiger partial charge in [0, 0.05) is 23.5 Å². The first kappa shape index (κ1) is 14.3. The minimum atomic E-state index is -0.224. The fourth-order valence-corrected chi connectivity index (χ4v) is 3.29. The second kappa shape index (κ2) is 6.00. The molecule has 1 saturated carbocycles. The molecule has 0 aliphatic heterocycles. The number of nitrogen functional groups attached to an aromatic ring is 1. The number of hydrogen-bond acceptors (Lipinski definition) is 4. The lowest BCUT2D eigenvalue weighted by atomic mass is 9.91. The van der Waals surface area contributed by atoms with Crippen molar-refractivity contribution in [3.63, 3.8) is 0 Å². The molecule has 3 N–H and O–H groups in total. The molecule has 2 aromatic rings. The lowest BCUT2D eigenvalue weighted by molar-refractivity contribution is 0.0289. The topological polar surface area (TPSA) is 62.4 Å². The van der Waals surface area contributed by atoms with Gasteiger partial charge in [-0.1, -0.05) is 31.0 Å². The second-order valence-corrected chi connectivity index (χ2v) is 6.06. The first-order valence-corrected chi connectivity index (χ1v) is 7.67. The van der Waals surface area contributed by atoms with Gasteiger partial charge in [0.1, 0.15) is 5.82 Å². The van der Waals surface area contributed by atoms with E-state index in [1.54, 1.807) is 0 Å². The molecule has 2 unspecified atom stereocenters. The Kier molecular flexibility index (Phi) is 4.08. The van der Waals surface area contributed by atoms with Crippen molar-refractivity contribution < 1.29 is 5.11 Å². The van der Waals surface area contributed by atoms with Gasteiger partial charge in [0.2, 0.25) is 0 Å². The van der Waals surface area contributed by atoms with Crippen LogP contribution < -0.4 is 5.73 Å². The standard InChI is InChI=1S/C17H23N3O/c1-20(15-8-4-5-9-16(15)21)11-13-10-12-6-2-3-7-14(12)19-17(13)18/h2-3,6-7,10,15-16,21H,4-5,8-9,11H2,1H3,(H2,18,19). The van der Waals surface area contributed by atoms with Gasteiger partial charge in [-0.25, -0.2) is 4.98 Å². The van der Waals surface area contributed by atoms with Crippen molar-refractivity contribution in [3.05, 3.63) is 35.9 Å². The maximum absolute atomic E-state index is 10.2. The van der Waals surface area contributed by atoms with Crippen LogP contribution in [0.25, 0.3) is 10.9 Å². The van der Waals surface area contributed by atoms with E-state index in [1.807, 2.05) is 18.2 Å². The molecule has 4 heteroatoms. The monoisotopic (exact) mass is 285 g/mol. The highest BCUT2D eigenvalue weighted by molar-refractivity contribution is 5.81. The Labute approximate surface area is 125 Å². The van der Waals surface area contributed by atoms with Crippen LogP contribution in [0.5, 0.6) is 0 Å². The molecule has 0 amide bonds. The molecule has 0 spiro atoms. The molecule has 3 rings (SSSR count). The van der Waals surface area contributed by atoms with Crippen LogP contribution >= 0.6 is 0 Å². The number of rotatable bonds is 3. The predicted molar refractivity (Wildman–Crippen MR) is 85.9 cm³/mol. The Bertz CT molecular complexity index is 628. The van der Waals surface area contributed by atoms with E-state index in [2.05, 4.69) is 29.1 Å². The summed E-state index contributed by atoms with van der Waals surface area (Å²) in [7, 11) is 2.06. The quantitative estimate of drug-likeness (QED) is 0.910. The zero-order valence-corrected chi connectivity index (χ0v) is 12.5. The first-order valence-electron chi connectivity index (χ1n) is 7.67. The van der Waals surface area contributed by atoms with Gasteiger partial charge in [-0.3, -0.25) is 4.90 Å². The fraction of sp³-hybridized carbons (Fsp3) is 0.471. The van der Waals surface area contributed by atoms with Gasteiger partial charge in [-0.2, -0.15) is 0 Å². The predicted octanol–water partition coefficient (Wildman–Crippen LogP) is 2.55. The third-order valence-electron chi connectivity index (χ3n) is 4.52. The molecule has 0 radical (unpaired) electrons. The fourth-order valence-electron chi connectivity index (χ4n) is 3.29. The van der Waals surface area contributed by atoms with Crippen molar-refractivity contribution in [3.8, 4) is 0 Å². The molecule has 21 heavy (non-hydrogen) atoms. The van der Waals surface area contributed by atoms with E-state index in [0.29, 0.717) is 5.82 Å². The summed E-state index contributed by atoms with van der Waals surface area (Å²) in [6.07, 6.45) is 4.06. The van der Waals surface area contributed by atoms with Crippen LogP contribution in [0.1, 0.15) is 31.2 Å². The van der Waals surface area contributed by atoms with Gasteiger partial charge >= 0.3 is 0 Å². The average Bonchev–Trinajstić information content (AvgIpc) is 2.48. The van der Waals surface area contributed by atoms with Crippen molar-refractivity contribution in [1.29, 1.82) is 0 Å². The summed E-state index contributed by atoms with van der Waals surface area (Å²) in [5.41, 5.74) is 8.06. The molecule has 1 heterocycles. The Hall–Kier alpha value is -1.65. The number of aliphatic hydroxyl groups is 1. The molecule has 0 saturated heterocycles. The summed E-state index contributed by atoms with van der Waals surface area (Å²) in [4.78, 5) is 6.70. The summed E-state index contributed by atoms with van der Waals surface area (Å²) in [6.45, 7) is 0.728. The number of aromatic nitrogens is 1.